The molecule has 0 saturated carbocycles. The van der Waals surface area contributed by atoms with Gasteiger partial charge >= 0.3 is 0 Å². The van der Waals surface area contributed by atoms with Crippen molar-refractivity contribution < 1.29 is 4.79 Å². The van der Waals surface area contributed by atoms with Crippen LogP contribution in [0.4, 0.5) is 11.4 Å². The molecule has 0 radical (unpaired) electrons. The minimum atomic E-state index is -0.0493. The molecule has 0 spiro atoms. The number of benzene rings is 2. The van der Waals surface area contributed by atoms with Gasteiger partial charge < -0.3 is 10.6 Å². The summed E-state index contributed by atoms with van der Waals surface area (Å²) < 4.78 is 0. The molecule has 23 heavy (non-hydrogen) atoms. The summed E-state index contributed by atoms with van der Waals surface area (Å²) in [4.78, 5) is 12.0. The number of nitrogens with one attached hydrogen (secondary N) is 2. The summed E-state index contributed by atoms with van der Waals surface area (Å²) >= 11 is 0. The second kappa shape index (κ2) is 6.86. The highest BCUT2D eigenvalue weighted by Gasteiger charge is 2.13. The standard InChI is InChI=1S/C20H26N2O/c1-14-6-9-18(12-15(14)2)21-13-19(23)22-17-10-7-16(8-11-17)20(3,4)5/h6-12,21H,13H2,1-5H3,(H,22,23). The van der Waals surface area contributed by atoms with Gasteiger partial charge in [-0.05, 0) is 60.2 Å². The van der Waals surface area contributed by atoms with Crippen LogP contribution >= 0.6 is 0 Å². The monoisotopic (exact) mass is 310 g/mol. The average Bonchev–Trinajstić information content (AvgIpc) is 2.48. The summed E-state index contributed by atoms with van der Waals surface area (Å²) in [7, 11) is 0. The second-order valence-electron chi connectivity index (χ2n) is 7.03. The van der Waals surface area contributed by atoms with E-state index in [1.54, 1.807) is 0 Å². The van der Waals surface area contributed by atoms with Gasteiger partial charge in [0.1, 0.15) is 0 Å². The summed E-state index contributed by atoms with van der Waals surface area (Å²) in [6.07, 6.45) is 0. The maximum Gasteiger partial charge on any atom is 0.243 e. The Bertz CT molecular complexity index is 682. The summed E-state index contributed by atoms with van der Waals surface area (Å²) in [5.41, 5.74) is 5.63. The van der Waals surface area contributed by atoms with Gasteiger partial charge in [-0.15, -0.1) is 0 Å². The molecule has 2 aromatic rings. The van der Waals surface area contributed by atoms with Crippen molar-refractivity contribution in [2.24, 2.45) is 0 Å². The molecule has 0 bridgehead atoms. The van der Waals surface area contributed by atoms with E-state index in [0.717, 1.165) is 11.4 Å². The Labute approximate surface area is 139 Å². The van der Waals surface area contributed by atoms with E-state index in [-0.39, 0.29) is 17.9 Å². The lowest BCUT2D eigenvalue weighted by atomic mass is 9.87. The molecule has 0 aliphatic rings. The fourth-order valence-corrected chi connectivity index (χ4v) is 2.29. The summed E-state index contributed by atoms with van der Waals surface area (Å²) in [5.74, 6) is -0.0493. The van der Waals surface area contributed by atoms with Crippen LogP contribution in [0.5, 0.6) is 0 Å². The number of hydrogen-bond donors (Lipinski definition) is 2. The third kappa shape index (κ3) is 4.85. The Balaban J connectivity index is 1.90. The highest BCUT2D eigenvalue weighted by Crippen LogP contribution is 2.23. The Hall–Kier alpha value is -2.29. The minimum Gasteiger partial charge on any atom is -0.376 e. The van der Waals surface area contributed by atoms with Crippen LogP contribution < -0.4 is 10.6 Å². The maximum atomic E-state index is 12.0. The minimum absolute atomic E-state index is 0.0493. The number of rotatable bonds is 4. The van der Waals surface area contributed by atoms with Crippen LogP contribution in [0, 0.1) is 13.8 Å². The quantitative estimate of drug-likeness (QED) is 0.863. The average molecular weight is 310 g/mol. The van der Waals surface area contributed by atoms with Crippen LogP contribution in [-0.2, 0) is 10.2 Å². The van der Waals surface area contributed by atoms with Crippen molar-refractivity contribution in [3.63, 3.8) is 0 Å². The predicted octanol–water partition coefficient (Wildman–Crippen LogP) is 4.65. The number of aryl methyl sites for hydroxylation is 2. The zero-order valence-corrected chi connectivity index (χ0v) is 14.7. The molecule has 0 unspecified atom stereocenters. The highest BCUT2D eigenvalue weighted by atomic mass is 16.1. The molecule has 0 atom stereocenters. The molecule has 3 nitrogen and oxygen atoms in total. The topological polar surface area (TPSA) is 41.1 Å². The Morgan fingerprint density at radius 3 is 2.09 bits per heavy atom. The lowest BCUT2D eigenvalue weighted by Crippen LogP contribution is -2.22. The summed E-state index contributed by atoms with van der Waals surface area (Å²) in [5, 5.41) is 6.07. The lowest BCUT2D eigenvalue weighted by Gasteiger charge is -2.19. The second-order valence-corrected chi connectivity index (χ2v) is 7.03. The van der Waals surface area contributed by atoms with Gasteiger partial charge in [0.2, 0.25) is 5.91 Å². The fraction of sp³-hybridized carbons (Fsp3) is 0.350. The van der Waals surface area contributed by atoms with Crippen LogP contribution in [0.1, 0.15) is 37.5 Å². The molecule has 0 heterocycles. The van der Waals surface area contributed by atoms with E-state index >= 15 is 0 Å². The maximum absolute atomic E-state index is 12.0. The number of carbonyl (C=O) groups is 1. The number of carbonyl (C=O) groups excluding carboxylic acids is 1. The van der Waals surface area contributed by atoms with Crippen molar-refractivity contribution in [3.05, 3.63) is 59.2 Å². The van der Waals surface area contributed by atoms with Gasteiger partial charge in [0.05, 0.1) is 6.54 Å². The SMILES string of the molecule is Cc1ccc(NCC(=O)Nc2ccc(C(C)(C)C)cc2)cc1C. The molecular formula is C20H26N2O. The number of anilines is 2. The van der Waals surface area contributed by atoms with E-state index in [9.17, 15) is 4.79 Å². The molecule has 1 amide bonds. The van der Waals surface area contributed by atoms with Gasteiger partial charge in [-0.2, -0.15) is 0 Å². The van der Waals surface area contributed by atoms with Gasteiger partial charge in [0, 0.05) is 11.4 Å². The summed E-state index contributed by atoms with van der Waals surface area (Å²) in [6.45, 7) is 10.9. The van der Waals surface area contributed by atoms with Gasteiger partial charge in [-0.3, -0.25) is 4.79 Å². The van der Waals surface area contributed by atoms with Gasteiger partial charge in [-0.1, -0.05) is 39.0 Å². The first kappa shape index (κ1) is 17.1. The van der Waals surface area contributed by atoms with E-state index in [1.165, 1.54) is 16.7 Å². The van der Waals surface area contributed by atoms with Crippen molar-refractivity contribution in [2.45, 2.75) is 40.0 Å². The zero-order valence-electron chi connectivity index (χ0n) is 14.7. The molecule has 2 N–H and O–H groups in total. The molecule has 2 rings (SSSR count). The molecular weight excluding hydrogens is 284 g/mol. The lowest BCUT2D eigenvalue weighted by molar-refractivity contribution is -0.114. The number of amides is 1. The highest BCUT2D eigenvalue weighted by molar-refractivity contribution is 5.93. The van der Waals surface area contributed by atoms with Crippen molar-refractivity contribution in [2.75, 3.05) is 17.2 Å². The van der Waals surface area contributed by atoms with Crippen molar-refractivity contribution in [1.82, 2.24) is 0 Å². The molecule has 0 aliphatic carbocycles. The molecule has 0 fully saturated rings. The normalized spacial score (nSPS) is 11.2. The Kier molecular flexibility index (Phi) is 5.09. The zero-order chi connectivity index (χ0) is 17.0. The van der Waals surface area contributed by atoms with E-state index in [1.807, 2.05) is 18.2 Å². The molecule has 122 valence electrons. The van der Waals surface area contributed by atoms with E-state index in [2.05, 4.69) is 69.5 Å². The van der Waals surface area contributed by atoms with Crippen LogP contribution in [0.25, 0.3) is 0 Å². The van der Waals surface area contributed by atoms with Gasteiger partial charge in [-0.25, -0.2) is 0 Å². The fourth-order valence-electron chi connectivity index (χ4n) is 2.29. The third-order valence-electron chi connectivity index (χ3n) is 3.99. The molecule has 3 heteroatoms. The van der Waals surface area contributed by atoms with Crippen molar-refractivity contribution >= 4 is 17.3 Å². The van der Waals surface area contributed by atoms with E-state index in [4.69, 9.17) is 0 Å². The van der Waals surface area contributed by atoms with Crippen LogP contribution in [0.15, 0.2) is 42.5 Å². The largest absolute Gasteiger partial charge is 0.376 e. The smallest absolute Gasteiger partial charge is 0.243 e. The third-order valence-corrected chi connectivity index (χ3v) is 3.99. The van der Waals surface area contributed by atoms with Crippen LogP contribution in [-0.4, -0.2) is 12.5 Å². The van der Waals surface area contributed by atoms with Gasteiger partial charge in [0.15, 0.2) is 0 Å². The van der Waals surface area contributed by atoms with Gasteiger partial charge in [0.25, 0.3) is 0 Å². The molecule has 0 saturated heterocycles. The van der Waals surface area contributed by atoms with Crippen LogP contribution in [0.2, 0.25) is 0 Å². The molecule has 0 aliphatic heterocycles. The van der Waals surface area contributed by atoms with Crippen molar-refractivity contribution in [3.8, 4) is 0 Å². The summed E-state index contributed by atoms with van der Waals surface area (Å²) in [6, 6.07) is 14.1. The van der Waals surface area contributed by atoms with E-state index < -0.39 is 0 Å². The van der Waals surface area contributed by atoms with E-state index in [0.29, 0.717) is 0 Å². The van der Waals surface area contributed by atoms with Crippen molar-refractivity contribution in [1.29, 1.82) is 0 Å². The Morgan fingerprint density at radius 1 is 0.913 bits per heavy atom. The predicted molar refractivity (Wildman–Crippen MR) is 98.2 cm³/mol. The molecule has 2 aromatic carbocycles. The first-order valence-electron chi connectivity index (χ1n) is 7.97. The first-order valence-corrected chi connectivity index (χ1v) is 7.97. The Morgan fingerprint density at radius 2 is 1.52 bits per heavy atom. The first-order chi connectivity index (χ1) is 10.8. The molecule has 0 aromatic heterocycles. The number of hydrogen-bond acceptors (Lipinski definition) is 2. The van der Waals surface area contributed by atoms with Crippen LogP contribution in [0.3, 0.4) is 0 Å².